The van der Waals surface area contributed by atoms with Gasteiger partial charge in [0, 0.05) is 35.2 Å². The van der Waals surface area contributed by atoms with E-state index in [1.54, 1.807) is 16.7 Å². The normalized spacial score (nSPS) is 20.4. The summed E-state index contributed by atoms with van der Waals surface area (Å²) in [6.45, 7) is 1.45. The number of hydrogen-bond donors (Lipinski definition) is 2. The monoisotopic (exact) mass is 449 g/mol. The Labute approximate surface area is 192 Å². The minimum Gasteiger partial charge on any atom is -0.322 e. The maximum atomic E-state index is 13.0. The second kappa shape index (κ2) is 9.08. The SMILES string of the molecule is O=C1CCC(N2Cc3c(SCc4ccc(CCNC5CC5)cc4)cccc3C2=O)C(=O)N1. The van der Waals surface area contributed by atoms with Crippen LogP contribution < -0.4 is 10.6 Å². The van der Waals surface area contributed by atoms with Gasteiger partial charge in [-0.1, -0.05) is 30.3 Å². The van der Waals surface area contributed by atoms with Crippen LogP contribution in [-0.2, 0) is 28.3 Å². The zero-order valence-corrected chi connectivity index (χ0v) is 18.7. The van der Waals surface area contributed by atoms with Crippen LogP contribution in [0.5, 0.6) is 0 Å². The predicted octanol–water partition coefficient (Wildman–Crippen LogP) is 3.03. The number of amides is 3. The molecule has 1 aliphatic carbocycles. The second-order valence-electron chi connectivity index (χ2n) is 8.77. The minimum atomic E-state index is -0.576. The number of carbonyl (C=O) groups excluding carboxylic acids is 3. The van der Waals surface area contributed by atoms with Crippen LogP contribution in [0.1, 0.15) is 52.7 Å². The Kier molecular flexibility index (Phi) is 6.02. The Morgan fingerprint density at radius 3 is 2.53 bits per heavy atom. The third-order valence-electron chi connectivity index (χ3n) is 6.38. The van der Waals surface area contributed by atoms with Crippen molar-refractivity contribution in [3.05, 3.63) is 64.7 Å². The Balaban J connectivity index is 1.22. The highest BCUT2D eigenvalue weighted by Crippen LogP contribution is 2.35. The fraction of sp³-hybridized carbons (Fsp3) is 0.400. The molecule has 0 radical (unpaired) electrons. The standard InChI is InChI=1S/C25H27N3O3S/c29-23-11-10-21(24(30)27-23)28-14-20-19(25(28)31)2-1-3-22(20)32-15-17-6-4-16(5-7-17)12-13-26-18-8-9-18/h1-7,18,21,26H,8-15H2,(H,27,29,30). The van der Waals surface area contributed by atoms with Gasteiger partial charge in [-0.15, -0.1) is 11.8 Å². The number of carbonyl (C=O) groups is 3. The fourth-order valence-electron chi connectivity index (χ4n) is 4.36. The molecule has 2 fully saturated rings. The molecule has 0 aromatic heterocycles. The molecule has 1 saturated heterocycles. The molecule has 3 amide bonds. The van der Waals surface area contributed by atoms with E-state index in [0.717, 1.165) is 35.2 Å². The van der Waals surface area contributed by atoms with Gasteiger partial charge in [0.2, 0.25) is 11.8 Å². The van der Waals surface area contributed by atoms with E-state index < -0.39 is 6.04 Å². The van der Waals surface area contributed by atoms with Crippen molar-refractivity contribution in [3.63, 3.8) is 0 Å². The predicted molar refractivity (Wildman–Crippen MR) is 123 cm³/mol. The average Bonchev–Trinajstić information content (AvgIpc) is 3.56. The Hall–Kier alpha value is -2.64. The fourth-order valence-corrected chi connectivity index (χ4v) is 5.40. The summed E-state index contributed by atoms with van der Waals surface area (Å²) in [5.41, 5.74) is 4.24. The van der Waals surface area contributed by atoms with E-state index in [4.69, 9.17) is 0 Å². The second-order valence-corrected chi connectivity index (χ2v) is 9.78. The number of nitrogens with zero attached hydrogens (tertiary/aromatic N) is 1. The molecule has 2 aromatic rings. The number of piperidine rings is 1. The maximum absolute atomic E-state index is 13.0. The molecule has 6 nitrogen and oxygen atoms in total. The molecule has 0 bridgehead atoms. The first-order valence-electron chi connectivity index (χ1n) is 11.3. The molecule has 2 heterocycles. The van der Waals surface area contributed by atoms with E-state index in [2.05, 4.69) is 34.9 Å². The third-order valence-corrected chi connectivity index (χ3v) is 7.55. The molecule has 7 heteroatoms. The van der Waals surface area contributed by atoms with E-state index in [-0.39, 0.29) is 24.1 Å². The summed E-state index contributed by atoms with van der Waals surface area (Å²) in [6.07, 6.45) is 4.33. The summed E-state index contributed by atoms with van der Waals surface area (Å²) in [5, 5.41) is 5.91. The highest BCUT2D eigenvalue weighted by Gasteiger charge is 2.39. The van der Waals surface area contributed by atoms with Crippen LogP contribution in [0.2, 0.25) is 0 Å². The zero-order chi connectivity index (χ0) is 22.1. The first-order chi connectivity index (χ1) is 15.6. The van der Waals surface area contributed by atoms with Gasteiger partial charge < -0.3 is 10.2 Å². The molecule has 0 spiro atoms. The van der Waals surface area contributed by atoms with Gasteiger partial charge in [-0.3, -0.25) is 19.7 Å². The molecular formula is C25H27N3O3S. The van der Waals surface area contributed by atoms with Crippen LogP contribution in [0.15, 0.2) is 47.4 Å². The summed E-state index contributed by atoms with van der Waals surface area (Å²) < 4.78 is 0. The largest absolute Gasteiger partial charge is 0.322 e. The van der Waals surface area contributed by atoms with Crippen molar-refractivity contribution in [1.82, 2.24) is 15.5 Å². The lowest BCUT2D eigenvalue weighted by Crippen LogP contribution is -2.52. The highest BCUT2D eigenvalue weighted by atomic mass is 32.2. The van der Waals surface area contributed by atoms with Gasteiger partial charge in [0.15, 0.2) is 0 Å². The number of imide groups is 1. The molecule has 1 saturated carbocycles. The zero-order valence-electron chi connectivity index (χ0n) is 17.9. The molecule has 32 heavy (non-hydrogen) atoms. The van der Waals surface area contributed by atoms with Gasteiger partial charge in [-0.2, -0.15) is 0 Å². The number of fused-ring (bicyclic) bond motifs is 1. The molecule has 1 atom stereocenters. The summed E-state index contributed by atoms with van der Waals surface area (Å²) in [6, 6.07) is 14.7. The number of benzene rings is 2. The van der Waals surface area contributed by atoms with Crippen molar-refractivity contribution in [2.75, 3.05) is 6.54 Å². The quantitative estimate of drug-likeness (QED) is 0.478. The molecule has 1 unspecified atom stereocenters. The lowest BCUT2D eigenvalue weighted by Gasteiger charge is -2.29. The first-order valence-corrected chi connectivity index (χ1v) is 12.3. The van der Waals surface area contributed by atoms with Crippen LogP contribution >= 0.6 is 11.8 Å². The Bertz CT molecular complexity index is 1050. The Morgan fingerprint density at radius 2 is 1.78 bits per heavy atom. The van der Waals surface area contributed by atoms with Crippen LogP contribution in [-0.4, -0.2) is 41.2 Å². The summed E-state index contributed by atoms with van der Waals surface area (Å²) >= 11 is 1.72. The Morgan fingerprint density at radius 1 is 1.00 bits per heavy atom. The summed E-state index contributed by atoms with van der Waals surface area (Å²) in [5.74, 6) is 0.0610. The molecule has 5 rings (SSSR count). The van der Waals surface area contributed by atoms with Crippen molar-refractivity contribution in [2.24, 2.45) is 0 Å². The number of nitrogens with one attached hydrogen (secondary N) is 2. The minimum absolute atomic E-state index is 0.124. The molecule has 3 aliphatic rings. The molecular weight excluding hydrogens is 422 g/mol. The van der Waals surface area contributed by atoms with Crippen molar-refractivity contribution in [2.45, 2.75) is 61.4 Å². The van der Waals surface area contributed by atoms with Crippen LogP contribution in [0.25, 0.3) is 0 Å². The van der Waals surface area contributed by atoms with Crippen molar-refractivity contribution in [1.29, 1.82) is 0 Å². The van der Waals surface area contributed by atoms with E-state index in [1.807, 2.05) is 18.2 Å². The van der Waals surface area contributed by atoms with Gasteiger partial charge in [0.25, 0.3) is 5.91 Å². The van der Waals surface area contributed by atoms with Crippen LogP contribution in [0.4, 0.5) is 0 Å². The van der Waals surface area contributed by atoms with Gasteiger partial charge in [0.05, 0.1) is 0 Å². The van der Waals surface area contributed by atoms with Crippen LogP contribution in [0, 0.1) is 0 Å². The molecule has 2 aromatic carbocycles. The number of rotatable bonds is 8. The number of thioether (sulfide) groups is 1. The average molecular weight is 450 g/mol. The molecule has 2 aliphatic heterocycles. The summed E-state index contributed by atoms with van der Waals surface area (Å²) in [4.78, 5) is 39.4. The smallest absolute Gasteiger partial charge is 0.255 e. The lowest BCUT2D eigenvalue weighted by atomic mass is 10.0. The van der Waals surface area contributed by atoms with E-state index in [9.17, 15) is 14.4 Å². The van der Waals surface area contributed by atoms with Gasteiger partial charge in [0.1, 0.15) is 6.04 Å². The van der Waals surface area contributed by atoms with Crippen molar-refractivity contribution in [3.8, 4) is 0 Å². The van der Waals surface area contributed by atoms with E-state index >= 15 is 0 Å². The maximum Gasteiger partial charge on any atom is 0.255 e. The lowest BCUT2D eigenvalue weighted by molar-refractivity contribution is -0.136. The van der Waals surface area contributed by atoms with Crippen molar-refractivity contribution < 1.29 is 14.4 Å². The third kappa shape index (κ3) is 4.59. The van der Waals surface area contributed by atoms with Crippen molar-refractivity contribution >= 4 is 29.5 Å². The summed E-state index contributed by atoms with van der Waals surface area (Å²) in [7, 11) is 0. The first kappa shape index (κ1) is 21.2. The number of hydrogen-bond acceptors (Lipinski definition) is 5. The van der Waals surface area contributed by atoms with Crippen LogP contribution in [0.3, 0.4) is 0 Å². The van der Waals surface area contributed by atoms with Gasteiger partial charge >= 0.3 is 0 Å². The molecule has 2 N–H and O–H groups in total. The van der Waals surface area contributed by atoms with E-state index in [0.29, 0.717) is 18.5 Å². The highest BCUT2D eigenvalue weighted by molar-refractivity contribution is 7.98. The topological polar surface area (TPSA) is 78.5 Å². The van der Waals surface area contributed by atoms with Gasteiger partial charge in [-0.05, 0) is 61.1 Å². The van der Waals surface area contributed by atoms with Gasteiger partial charge in [-0.25, -0.2) is 0 Å². The molecule has 166 valence electrons. The van der Waals surface area contributed by atoms with E-state index in [1.165, 1.54) is 24.0 Å².